The maximum atomic E-state index is 12.7. The van der Waals surface area contributed by atoms with Crippen LogP contribution in [-0.4, -0.2) is 37.0 Å². The normalized spacial score (nSPS) is 13.6. The van der Waals surface area contributed by atoms with Gasteiger partial charge in [0.2, 0.25) is 5.91 Å². The van der Waals surface area contributed by atoms with Crippen molar-refractivity contribution in [1.29, 1.82) is 0 Å². The average molecular weight is 365 g/mol. The number of carbonyl (C=O) groups excluding carboxylic acids is 1. The van der Waals surface area contributed by atoms with Crippen molar-refractivity contribution in [3.8, 4) is 0 Å². The summed E-state index contributed by atoms with van der Waals surface area (Å²) in [5.41, 5.74) is 5.34. The molecule has 4 rings (SSSR count). The summed E-state index contributed by atoms with van der Waals surface area (Å²) < 4.78 is 7.77. The quantitative estimate of drug-likeness (QED) is 0.694. The Balaban J connectivity index is 1.44. The Bertz CT molecular complexity index is 925. The fourth-order valence-electron chi connectivity index (χ4n) is 3.57. The van der Waals surface area contributed by atoms with E-state index in [0.717, 1.165) is 22.6 Å². The largest absolute Gasteiger partial charge is 0.361 e. The molecule has 0 bridgehead atoms. The van der Waals surface area contributed by atoms with Crippen LogP contribution in [0.5, 0.6) is 0 Å². The number of aromatic nitrogens is 4. The SMILES string of the molecule is Cc1ccc(C)n1Cc1noc2c1CN(C(=O)CCc1cncnc1)CC2. The van der Waals surface area contributed by atoms with E-state index in [4.69, 9.17) is 4.52 Å². The van der Waals surface area contributed by atoms with Gasteiger partial charge in [0.05, 0.1) is 13.1 Å². The number of hydrogen-bond acceptors (Lipinski definition) is 5. The maximum Gasteiger partial charge on any atom is 0.223 e. The summed E-state index contributed by atoms with van der Waals surface area (Å²) in [6.45, 7) is 6.09. The molecule has 1 aliphatic rings. The molecule has 27 heavy (non-hydrogen) atoms. The molecule has 0 aromatic carbocycles. The zero-order valence-corrected chi connectivity index (χ0v) is 15.7. The molecule has 0 saturated heterocycles. The predicted molar refractivity (Wildman–Crippen MR) is 99.0 cm³/mol. The third kappa shape index (κ3) is 3.63. The predicted octanol–water partition coefficient (Wildman–Crippen LogP) is 2.45. The molecule has 7 nitrogen and oxygen atoms in total. The first-order valence-electron chi connectivity index (χ1n) is 9.22. The van der Waals surface area contributed by atoms with E-state index in [2.05, 4.69) is 45.7 Å². The van der Waals surface area contributed by atoms with E-state index in [1.165, 1.54) is 17.7 Å². The lowest BCUT2D eigenvalue weighted by Crippen LogP contribution is -2.36. The third-order valence-electron chi connectivity index (χ3n) is 5.23. The van der Waals surface area contributed by atoms with Gasteiger partial charge in [-0.1, -0.05) is 5.16 Å². The second-order valence-electron chi connectivity index (χ2n) is 7.05. The Morgan fingerprint density at radius 3 is 2.67 bits per heavy atom. The highest BCUT2D eigenvalue weighted by Gasteiger charge is 2.27. The zero-order valence-electron chi connectivity index (χ0n) is 15.7. The first-order chi connectivity index (χ1) is 13.1. The molecule has 1 aliphatic heterocycles. The number of rotatable bonds is 5. The molecule has 4 heterocycles. The van der Waals surface area contributed by atoms with Crippen LogP contribution in [0, 0.1) is 13.8 Å². The number of nitrogens with zero attached hydrogens (tertiary/aromatic N) is 5. The molecule has 0 radical (unpaired) electrons. The van der Waals surface area contributed by atoms with E-state index >= 15 is 0 Å². The van der Waals surface area contributed by atoms with Crippen LogP contribution >= 0.6 is 0 Å². The molecule has 7 heteroatoms. The van der Waals surface area contributed by atoms with Gasteiger partial charge in [-0.25, -0.2) is 9.97 Å². The van der Waals surface area contributed by atoms with E-state index in [1.54, 1.807) is 12.4 Å². The van der Waals surface area contributed by atoms with Crippen molar-refractivity contribution in [3.63, 3.8) is 0 Å². The maximum absolute atomic E-state index is 12.7. The molecule has 3 aromatic rings. The summed E-state index contributed by atoms with van der Waals surface area (Å²) in [5, 5.41) is 4.29. The minimum Gasteiger partial charge on any atom is -0.361 e. The summed E-state index contributed by atoms with van der Waals surface area (Å²) in [6, 6.07) is 4.20. The van der Waals surface area contributed by atoms with Crippen molar-refractivity contribution in [2.45, 2.75) is 46.2 Å². The van der Waals surface area contributed by atoms with Gasteiger partial charge in [0.15, 0.2) is 0 Å². The smallest absolute Gasteiger partial charge is 0.223 e. The minimum atomic E-state index is 0.143. The monoisotopic (exact) mass is 365 g/mol. The molecule has 0 spiro atoms. The summed E-state index contributed by atoms with van der Waals surface area (Å²) >= 11 is 0. The van der Waals surface area contributed by atoms with Gasteiger partial charge in [0, 0.05) is 48.7 Å². The molecule has 1 amide bonds. The van der Waals surface area contributed by atoms with E-state index in [1.807, 2.05) is 4.90 Å². The molecule has 3 aromatic heterocycles. The minimum absolute atomic E-state index is 0.143. The average Bonchev–Trinajstić information content (AvgIpc) is 3.24. The van der Waals surface area contributed by atoms with Gasteiger partial charge < -0.3 is 14.0 Å². The lowest BCUT2D eigenvalue weighted by atomic mass is 10.0. The number of hydrogen-bond donors (Lipinski definition) is 0. The van der Waals surface area contributed by atoms with E-state index in [-0.39, 0.29) is 5.91 Å². The summed E-state index contributed by atoms with van der Waals surface area (Å²) in [6.07, 6.45) is 6.84. The fraction of sp³-hybridized carbons (Fsp3) is 0.400. The van der Waals surface area contributed by atoms with Crippen molar-refractivity contribution in [2.24, 2.45) is 0 Å². The topological polar surface area (TPSA) is 77.0 Å². The van der Waals surface area contributed by atoms with Crippen LogP contribution in [-0.2, 0) is 30.7 Å². The Labute approximate surface area is 158 Å². The molecule has 0 N–H and O–H groups in total. The molecular formula is C20H23N5O2. The summed E-state index contributed by atoms with van der Waals surface area (Å²) in [4.78, 5) is 22.6. The van der Waals surface area contributed by atoms with Crippen LogP contribution in [0.2, 0.25) is 0 Å². The molecule has 0 atom stereocenters. The van der Waals surface area contributed by atoms with E-state index in [0.29, 0.717) is 38.9 Å². The van der Waals surface area contributed by atoms with Gasteiger partial charge >= 0.3 is 0 Å². The highest BCUT2D eigenvalue weighted by atomic mass is 16.5. The first-order valence-corrected chi connectivity index (χ1v) is 9.22. The highest BCUT2D eigenvalue weighted by Crippen LogP contribution is 2.24. The Kier molecular flexibility index (Phi) is 4.75. The molecule has 0 unspecified atom stereocenters. The molecular weight excluding hydrogens is 342 g/mol. The highest BCUT2D eigenvalue weighted by molar-refractivity contribution is 5.76. The van der Waals surface area contributed by atoms with Crippen molar-refractivity contribution < 1.29 is 9.32 Å². The Morgan fingerprint density at radius 2 is 1.93 bits per heavy atom. The van der Waals surface area contributed by atoms with Crippen LogP contribution in [0.1, 0.15) is 40.4 Å². The lowest BCUT2D eigenvalue weighted by molar-refractivity contribution is -0.132. The number of fused-ring (bicyclic) bond motifs is 1. The van der Waals surface area contributed by atoms with E-state index < -0.39 is 0 Å². The second-order valence-corrected chi connectivity index (χ2v) is 7.05. The van der Waals surface area contributed by atoms with Crippen LogP contribution in [0.25, 0.3) is 0 Å². The van der Waals surface area contributed by atoms with Crippen LogP contribution < -0.4 is 0 Å². The molecule has 140 valence electrons. The molecule has 0 fully saturated rings. The number of aryl methyl sites for hydroxylation is 3. The van der Waals surface area contributed by atoms with Gasteiger partial charge in [0.25, 0.3) is 0 Å². The van der Waals surface area contributed by atoms with Gasteiger partial charge in [-0.15, -0.1) is 0 Å². The number of carbonyl (C=O) groups is 1. The van der Waals surface area contributed by atoms with Gasteiger partial charge in [-0.2, -0.15) is 0 Å². The van der Waals surface area contributed by atoms with Crippen LogP contribution in [0.3, 0.4) is 0 Å². The van der Waals surface area contributed by atoms with Gasteiger partial charge in [-0.3, -0.25) is 4.79 Å². The molecule has 0 aliphatic carbocycles. The Hall–Kier alpha value is -2.96. The standard InChI is InChI=1S/C20H23N5O2/c1-14-3-4-15(2)25(14)12-18-17-11-24(8-7-19(17)27-23-18)20(26)6-5-16-9-21-13-22-10-16/h3-4,9-10,13H,5-8,11-12H2,1-2H3. The van der Waals surface area contributed by atoms with Crippen molar-refractivity contribution in [2.75, 3.05) is 6.54 Å². The van der Waals surface area contributed by atoms with Crippen molar-refractivity contribution >= 4 is 5.91 Å². The Morgan fingerprint density at radius 1 is 1.19 bits per heavy atom. The van der Waals surface area contributed by atoms with Crippen LogP contribution in [0.15, 0.2) is 35.4 Å². The van der Waals surface area contributed by atoms with Crippen molar-refractivity contribution in [1.82, 2.24) is 24.6 Å². The van der Waals surface area contributed by atoms with Crippen LogP contribution in [0.4, 0.5) is 0 Å². The summed E-state index contributed by atoms with van der Waals surface area (Å²) in [7, 11) is 0. The number of amides is 1. The molecule has 0 saturated carbocycles. The van der Waals surface area contributed by atoms with Gasteiger partial charge in [0.1, 0.15) is 17.8 Å². The first kappa shape index (κ1) is 17.5. The lowest BCUT2D eigenvalue weighted by Gasteiger charge is -2.26. The fourth-order valence-corrected chi connectivity index (χ4v) is 3.57. The zero-order chi connectivity index (χ0) is 18.8. The van der Waals surface area contributed by atoms with Crippen molar-refractivity contribution in [3.05, 3.63) is 64.8 Å². The van der Waals surface area contributed by atoms with Gasteiger partial charge in [-0.05, 0) is 38.0 Å². The summed E-state index contributed by atoms with van der Waals surface area (Å²) in [5.74, 6) is 1.05. The van der Waals surface area contributed by atoms with E-state index in [9.17, 15) is 4.79 Å². The second kappa shape index (κ2) is 7.34. The third-order valence-corrected chi connectivity index (χ3v) is 5.23.